The summed E-state index contributed by atoms with van der Waals surface area (Å²) in [5.41, 5.74) is 0. The van der Waals surface area contributed by atoms with Crippen LogP contribution < -0.4 is 0 Å². The maximum Gasteiger partial charge on any atom is 0.203 e. The minimum atomic E-state index is 0.764. The van der Waals surface area contributed by atoms with E-state index < -0.39 is 0 Å². The highest BCUT2D eigenvalue weighted by Crippen LogP contribution is 1.97. The molecule has 0 saturated carbocycles. The van der Waals surface area contributed by atoms with Crippen LogP contribution in [0, 0.1) is 0 Å². The van der Waals surface area contributed by atoms with Crippen LogP contribution in [0.4, 0.5) is 0 Å². The predicted octanol–water partition coefficient (Wildman–Crippen LogP) is 1.96. The largest absolute Gasteiger partial charge is 0.203 e. The van der Waals surface area contributed by atoms with E-state index in [1.54, 1.807) is 0 Å². The van der Waals surface area contributed by atoms with Gasteiger partial charge in [0.25, 0.3) is 0 Å². The zero-order valence-corrected chi connectivity index (χ0v) is 6.02. The fraction of sp³-hybridized carbons (Fsp3) is 1.00. The smallest absolute Gasteiger partial charge is 0.106 e. The molecule has 0 aliphatic carbocycles. The van der Waals surface area contributed by atoms with Crippen LogP contribution in [0.3, 0.4) is 0 Å². The average Bonchev–Trinajstić information content (AvgIpc) is 1.35. The second kappa shape index (κ2) is 3.71. The Labute approximate surface area is 46.7 Å². The first-order valence-electron chi connectivity index (χ1n) is 2.60. The van der Waals surface area contributed by atoms with E-state index in [1.165, 1.54) is 5.28 Å². The van der Waals surface area contributed by atoms with E-state index in [2.05, 4.69) is 20.8 Å². The van der Waals surface area contributed by atoms with Crippen molar-refractivity contribution in [1.82, 2.24) is 0 Å². The summed E-state index contributed by atoms with van der Waals surface area (Å²) in [6, 6.07) is 0. The lowest BCUT2D eigenvalue weighted by atomic mass is 10.6. The van der Waals surface area contributed by atoms with Crippen molar-refractivity contribution < 1.29 is 0 Å². The molecule has 35 valence electrons. The van der Waals surface area contributed by atoms with Crippen LogP contribution in [-0.4, -0.2) is 15.2 Å². The fourth-order valence-electron chi connectivity index (χ4n) is 0.471. The first-order valence-corrected chi connectivity index (χ1v) is 4.09. The number of rotatable bonds is 2. The van der Waals surface area contributed by atoms with Crippen molar-refractivity contribution in [3.05, 3.63) is 0 Å². The van der Waals surface area contributed by atoms with Gasteiger partial charge in [-0.3, -0.25) is 0 Å². The van der Waals surface area contributed by atoms with Crippen LogP contribution >= 0.6 is 0 Å². The van der Waals surface area contributed by atoms with Gasteiger partial charge in [-0.15, -0.1) is 5.28 Å². The van der Waals surface area contributed by atoms with Crippen molar-refractivity contribution in [2.75, 3.05) is 0 Å². The predicted molar refractivity (Wildman–Crippen MR) is 31.3 cm³/mol. The topological polar surface area (TPSA) is 0 Å². The van der Waals surface area contributed by atoms with Gasteiger partial charge < -0.3 is 0 Å². The molecule has 0 aromatic carbocycles. The van der Waals surface area contributed by atoms with Gasteiger partial charge >= 0.3 is 0 Å². The molecule has 0 aromatic heterocycles. The van der Waals surface area contributed by atoms with Crippen molar-refractivity contribution in [3.8, 4) is 0 Å². The molecule has 1 radical (unpaired) electrons. The van der Waals surface area contributed by atoms with Crippen LogP contribution in [-0.2, 0) is 0 Å². The van der Waals surface area contributed by atoms with Crippen molar-refractivity contribution in [2.24, 2.45) is 0 Å². The lowest BCUT2D eigenvalue weighted by Crippen LogP contribution is -1.89. The summed E-state index contributed by atoms with van der Waals surface area (Å²) in [5, 5.41) is 1.41. The van der Waals surface area contributed by atoms with E-state index in [4.69, 9.17) is 0 Å². The van der Waals surface area contributed by atoms with Gasteiger partial charge in [0.2, 0.25) is 15.2 Å². The third-order valence-electron chi connectivity index (χ3n) is 0.707. The van der Waals surface area contributed by atoms with Crippen LogP contribution in [0.1, 0.15) is 20.8 Å². The Balaban J connectivity index is 2.63. The average molecular weight is 99.1 g/mol. The van der Waals surface area contributed by atoms with Gasteiger partial charge in [0.15, 0.2) is 0 Å². The fourth-order valence-corrected chi connectivity index (χ4v) is 1.41. The molecule has 0 N–H and O–H groups in total. The Bertz CT molecular complexity index is 25.1. The summed E-state index contributed by atoms with van der Waals surface area (Å²) in [4.78, 5) is 0. The molecule has 0 nitrogen and oxygen atoms in total. The first-order chi connectivity index (χ1) is 2.77. The van der Waals surface area contributed by atoms with Gasteiger partial charge in [0.1, 0.15) is 0 Å². The normalized spacial score (nSPS) is 9.33. The van der Waals surface area contributed by atoms with Crippen LogP contribution in [0.15, 0.2) is 0 Å². The molecular formula is C5H12Al. The molecule has 6 heavy (non-hydrogen) atoms. The van der Waals surface area contributed by atoms with Crippen LogP contribution in [0.5, 0.6) is 0 Å². The third-order valence-corrected chi connectivity index (χ3v) is 2.12. The van der Waals surface area contributed by atoms with Crippen molar-refractivity contribution >= 4 is 15.2 Å². The zero-order chi connectivity index (χ0) is 4.99. The third kappa shape index (κ3) is 4.53. The SMILES string of the molecule is C[CH2][Al][CH](C)C. The van der Waals surface area contributed by atoms with E-state index in [0.29, 0.717) is 0 Å². The highest BCUT2D eigenvalue weighted by Gasteiger charge is 1.90. The van der Waals surface area contributed by atoms with Gasteiger partial charge in [-0.05, 0) is 0 Å². The maximum atomic E-state index is 2.29. The Morgan fingerprint density at radius 3 is 2.00 bits per heavy atom. The second-order valence-corrected chi connectivity index (χ2v) is 4.51. The van der Waals surface area contributed by atoms with E-state index >= 15 is 0 Å². The lowest BCUT2D eigenvalue weighted by Gasteiger charge is -1.92. The molecule has 0 saturated heterocycles. The van der Waals surface area contributed by atoms with Crippen molar-refractivity contribution in [1.29, 1.82) is 0 Å². The summed E-state index contributed by atoms with van der Waals surface area (Å²) in [5.74, 6) is 0. The van der Waals surface area contributed by atoms with E-state index in [-0.39, 0.29) is 0 Å². The molecule has 0 aromatic rings. The van der Waals surface area contributed by atoms with Gasteiger partial charge in [0.05, 0.1) is 0 Å². The Morgan fingerprint density at radius 2 is 2.00 bits per heavy atom. The Kier molecular flexibility index (Phi) is 4.04. The van der Waals surface area contributed by atoms with Gasteiger partial charge in [-0.2, -0.15) is 0 Å². The molecular weight excluding hydrogens is 87.0 g/mol. The van der Waals surface area contributed by atoms with Gasteiger partial charge in [0, 0.05) is 0 Å². The molecule has 0 spiro atoms. The van der Waals surface area contributed by atoms with Crippen molar-refractivity contribution in [3.63, 3.8) is 0 Å². The molecule has 0 aliphatic rings. The molecule has 1 heteroatoms. The van der Waals surface area contributed by atoms with Gasteiger partial charge in [-0.1, -0.05) is 25.6 Å². The zero-order valence-electron chi connectivity index (χ0n) is 4.86. The van der Waals surface area contributed by atoms with E-state index in [1.807, 2.05) is 0 Å². The molecule has 0 heterocycles. The minimum absolute atomic E-state index is 0.764. The van der Waals surface area contributed by atoms with Crippen molar-refractivity contribution in [2.45, 2.75) is 30.8 Å². The van der Waals surface area contributed by atoms with E-state index in [9.17, 15) is 0 Å². The van der Waals surface area contributed by atoms with Crippen LogP contribution in [0.25, 0.3) is 0 Å². The molecule has 0 rings (SSSR count). The molecule has 0 aliphatic heterocycles. The van der Waals surface area contributed by atoms with Crippen LogP contribution in [0.2, 0.25) is 10.1 Å². The second-order valence-electron chi connectivity index (χ2n) is 1.89. The Morgan fingerprint density at radius 1 is 1.50 bits per heavy atom. The first kappa shape index (κ1) is 6.53. The number of hydrogen-bond donors (Lipinski definition) is 0. The van der Waals surface area contributed by atoms with Gasteiger partial charge in [-0.25, -0.2) is 0 Å². The molecule has 0 unspecified atom stereocenters. The Hall–Kier alpha value is 0.532. The summed E-state index contributed by atoms with van der Waals surface area (Å²) in [7, 11) is 0. The quantitative estimate of drug-likeness (QED) is 0.464. The minimum Gasteiger partial charge on any atom is -0.106 e. The highest BCUT2D eigenvalue weighted by molar-refractivity contribution is 6.36. The summed E-state index contributed by atoms with van der Waals surface area (Å²) >= 11 is 0.764. The lowest BCUT2D eigenvalue weighted by molar-refractivity contribution is 1.05. The number of hydrogen-bond acceptors (Lipinski definition) is 0. The molecule has 0 atom stereocenters. The summed E-state index contributed by atoms with van der Waals surface area (Å²) in [6.45, 7) is 6.84. The molecule has 0 fully saturated rings. The van der Waals surface area contributed by atoms with E-state index in [0.717, 1.165) is 20.0 Å². The molecule has 0 amide bonds. The maximum absolute atomic E-state index is 2.29. The highest BCUT2D eigenvalue weighted by atomic mass is 27.1. The molecule has 0 bridgehead atoms. The summed E-state index contributed by atoms with van der Waals surface area (Å²) < 4.78 is 0.981. The standard InChI is InChI=1S/C3H7.C2H5.Al/c1-3-2;1-2;/h3H,1-2H3;1H2,2H3;. The monoisotopic (exact) mass is 99.1 g/mol. The summed E-state index contributed by atoms with van der Waals surface area (Å²) in [6.07, 6.45) is 0.